The summed E-state index contributed by atoms with van der Waals surface area (Å²) in [6, 6.07) is 7.38. The first-order valence-electron chi connectivity index (χ1n) is 8.81. The number of phenolic OH excluding ortho intramolecular Hbond substituents is 1. The van der Waals surface area contributed by atoms with Gasteiger partial charge in [-0.2, -0.15) is 0 Å². The molecule has 1 aliphatic heterocycles. The van der Waals surface area contributed by atoms with E-state index in [1.54, 1.807) is 12.1 Å². The second-order valence-corrected chi connectivity index (χ2v) is 6.89. The van der Waals surface area contributed by atoms with Gasteiger partial charge in [0.2, 0.25) is 5.91 Å². The van der Waals surface area contributed by atoms with Crippen LogP contribution in [0.4, 0.5) is 0 Å². The first kappa shape index (κ1) is 16.3. The average molecular weight is 317 g/mol. The van der Waals surface area contributed by atoms with Gasteiger partial charge in [-0.05, 0) is 55.7 Å². The van der Waals surface area contributed by atoms with Gasteiger partial charge in [0.05, 0.1) is 6.61 Å². The highest BCUT2D eigenvalue weighted by atomic mass is 16.5. The van der Waals surface area contributed by atoms with Crippen molar-refractivity contribution in [1.82, 2.24) is 4.90 Å². The molecule has 1 saturated carbocycles. The molecule has 4 heteroatoms. The lowest BCUT2D eigenvalue weighted by Crippen LogP contribution is -2.30. The zero-order chi connectivity index (χ0) is 16.2. The molecular weight excluding hydrogens is 290 g/mol. The third-order valence-electron chi connectivity index (χ3n) is 5.10. The minimum Gasteiger partial charge on any atom is -0.508 e. The van der Waals surface area contributed by atoms with Crippen LogP contribution in [0.2, 0.25) is 0 Å². The fourth-order valence-electron chi connectivity index (χ4n) is 3.57. The molecular formula is C19H27NO3. The molecule has 23 heavy (non-hydrogen) atoms. The van der Waals surface area contributed by atoms with Gasteiger partial charge in [0, 0.05) is 32.0 Å². The number of rotatable bonds is 7. The van der Waals surface area contributed by atoms with Gasteiger partial charge in [0.15, 0.2) is 0 Å². The number of aromatic hydroxyl groups is 1. The standard InChI is InChI=1S/C19H27NO3/c1-2-23-13-14-9-10-20(12-14)19(22)11-18(15-3-4-15)16-5-7-17(21)8-6-16/h5-8,14-15,18,21H,2-4,9-13H2,1H3/t14-,18+/m1/s1. The Morgan fingerprint density at radius 1 is 1.30 bits per heavy atom. The highest BCUT2D eigenvalue weighted by molar-refractivity contribution is 5.77. The van der Waals surface area contributed by atoms with E-state index < -0.39 is 0 Å². The van der Waals surface area contributed by atoms with Gasteiger partial charge in [-0.15, -0.1) is 0 Å². The molecule has 2 fully saturated rings. The maximum absolute atomic E-state index is 12.7. The fraction of sp³-hybridized carbons (Fsp3) is 0.632. The Bertz CT molecular complexity index is 524. The zero-order valence-electron chi connectivity index (χ0n) is 13.9. The maximum Gasteiger partial charge on any atom is 0.223 e. The predicted octanol–water partition coefficient (Wildman–Crippen LogP) is 3.16. The number of amides is 1. The van der Waals surface area contributed by atoms with Crippen LogP contribution in [-0.4, -0.2) is 42.2 Å². The fourth-order valence-corrected chi connectivity index (χ4v) is 3.57. The van der Waals surface area contributed by atoms with Gasteiger partial charge < -0.3 is 14.7 Å². The van der Waals surface area contributed by atoms with Crippen molar-refractivity contribution in [3.05, 3.63) is 29.8 Å². The van der Waals surface area contributed by atoms with Gasteiger partial charge in [0.25, 0.3) is 0 Å². The molecule has 0 spiro atoms. The number of hydrogen-bond donors (Lipinski definition) is 1. The van der Waals surface area contributed by atoms with Crippen molar-refractivity contribution in [2.24, 2.45) is 11.8 Å². The number of likely N-dealkylation sites (tertiary alicyclic amines) is 1. The molecule has 1 aliphatic carbocycles. The van der Waals surface area contributed by atoms with Crippen LogP contribution in [0.5, 0.6) is 5.75 Å². The molecule has 1 aromatic rings. The maximum atomic E-state index is 12.7. The van der Waals surface area contributed by atoms with E-state index in [9.17, 15) is 9.90 Å². The minimum absolute atomic E-state index is 0.272. The molecule has 1 aromatic carbocycles. The van der Waals surface area contributed by atoms with E-state index in [2.05, 4.69) is 0 Å². The Kier molecular flexibility index (Phi) is 5.21. The monoisotopic (exact) mass is 317 g/mol. The van der Waals surface area contributed by atoms with Crippen LogP contribution in [0.15, 0.2) is 24.3 Å². The van der Waals surface area contributed by atoms with E-state index in [4.69, 9.17) is 4.74 Å². The van der Waals surface area contributed by atoms with Gasteiger partial charge >= 0.3 is 0 Å². The van der Waals surface area contributed by atoms with Gasteiger partial charge in [-0.25, -0.2) is 0 Å². The first-order valence-corrected chi connectivity index (χ1v) is 8.81. The molecule has 1 amide bonds. The van der Waals surface area contributed by atoms with E-state index in [1.807, 2.05) is 24.0 Å². The second-order valence-electron chi connectivity index (χ2n) is 6.89. The third-order valence-corrected chi connectivity index (χ3v) is 5.10. The summed E-state index contributed by atoms with van der Waals surface area (Å²) in [7, 11) is 0. The minimum atomic E-state index is 0.272. The lowest BCUT2D eigenvalue weighted by atomic mass is 9.90. The Labute approximate surface area is 138 Å². The summed E-state index contributed by atoms with van der Waals surface area (Å²) in [5.41, 5.74) is 1.18. The van der Waals surface area contributed by atoms with Crippen LogP contribution >= 0.6 is 0 Å². The highest BCUT2D eigenvalue weighted by Crippen LogP contribution is 2.45. The summed E-state index contributed by atoms with van der Waals surface area (Å²) in [5, 5.41) is 9.46. The van der Waals surface area contributed by atoms with Gasteiger partial charge in [-0.3, -0.25) is 4.79 Å². The zero-order valence-corrected chi connectivity index (χ0v) is 13.9. The first-order chi connectivity index (χ1) is 11.2. The molecule has 0 unspecified atom stereocenters. The Morgan fingerprint density at radius 3 is 2.70 bits per heavy atom. The number of nitrogens with zero attached hydrogens (tertiary/aromatic N) is 1. The van der Waals surface area contributed by atoms with Crippen LogP contribution in [0.25, 0.3) is 0 Å². The van der Waals surface area contributed by atoms with Crippen molar-refractivity contribution in [3.8, 4) is 5.75 Å². The lowest BCUT2D eigenvalue weighted by Gasteiger charge is -2.22. The number of carbonyl (C=O) groups is 1. The Hall–Kier alpha value is -1.55. The number of ether oxygens (including phenoxy) is 1. The van der Waals surface area contributed by atoms with Gasteiger partial charge in [-0.1, -0.05) is 12.1 Å². The van der Waals surface area contributed by atoms with E-state index in [0.717, 1.165) is 32.7 Å². The summed E-state index contributed by atoms with van der Waals surface area (Å²) in [6.45, 7) is 5.23. The molecule has 4 nitrogen and oxygen atoms in total. The van der Waals surface area contributed by atoms with Crippen molar-refractivity contribution in [3.63, 3.8) is 0 Å². The summed E-state index contributed by atoms with van der Waals surface area (Å²) in [4.78, 5) is 14.7. The Morgan fingerprint density at radius 2 is 2.04 bits per heavy atom. The van der Waals surface area contributed by atoms with Crippen LogP contribution in [0, 0.1) is 11.8 Å². The van der Waals surface area contributed by atoms with Crippen LogP contribution in [0.3, 0.4) is 0 Å². The van der Waals surface area contributed by atoms with Gasteiger partial charge in [0.1, 0.15) is 5.75 Å². The molecule has 2 atom stereocenters. The average Bonchev–Trinajstić information content (AvgIpc) is 3.29. The second kappa shape index (κ2) is 7.35. The third kappa shape index (κ3) is 4.25. The molecule has 0 radical (unpaired) electrons. The summed E-state index contributed by atoms with van der Waals surface area (Å²) in [5.74, 6) is 1.98. The normalized spacial score (nSPS) is 22.3. The van der Waals surface area contributed by atoms with E-state index in [0.29, 0.717) is 24.2 Å². The largest absolute Gasteiger partial charge is 0.508 e. The Balaban J connectivity index is 1.58. The molecule has 1 N–H and O–H groups in total. The quantitative estimate of drug-likeness (QED) is 0.840. The smallest absolute Gasteiger partial charge is 0.223 e. The van der Waals surface area contributed by atoms with Crippen LogP contribution < -0.4 is 0 Å². The summed E-state index contributed by atoms with van der Waals surface area (Å²) >= 11 is 0. The molecule has 0 aromatic heterocycles. The molecule has 126 valence electrons. The molecule has 2 aliphatic rings. The van der Waals surface area contributed by atoms with Crippen LogP contribution in [0.1, 0.15) is 44.1 Å². The SMILES string of the molecule is CCOC[C@@H]1CCN(C(=O)C[C@H](c2ccc(O)cc2)C2CC2)C1. The van der Waals surface area contributed by atoms with Crippen molar-refractivity contribution in [2.45, 2.75) is 38.5 Å². The number of phenols is 1. The molecule has 1 heterocycles. The van der Waals surface area contributed by atoms with Crippen LogP contribution in [-0.2, 0) is 9.53 Å². The van der Waals surface area contributed by atoms with Crippen molar-refractivity contribution >= 4 is 5.91 Å². The van der Waals surface area contributed by atoms with Crippen molar-refractivity contribution in [2.75, 3.05) is 26.3 Å². The summed E-state index contributed by atoms with van der Waals surface area (Å²) < 4.78 is 5.49. The van der Waals surface area contributed by atoms with E-state index in [1.165, 1.54) is 18.4 Å². The molecule has 3 rings (SSSR count). The topological polar surface area (TPSA) is 49.8 Å². The number of hydrogen-bond acceptors (Lipinski definition) is 3. The highest BCUT2D eigenvalue weighted by Gasteiger charge is 2.36. The number of benzene rings is 1. The molecule has 1 saturated heterocycles. The van der Waals surface area contributed by atoms with Crippen molar-refractivity contribution in [1.29, 1.82) is 0 Å². The van der Waals surface area contributed by atoms with Crippen molar-refractivity contribution < 1.29 is 14.6 Å². The summed E-state index contributed by atoms with van der Waals surface area (Å²) in [6.07, 6.45) is 4.08. The van der Waals surface area contributed by atoms with E-state index >= 15 is 0 Å². The van der Waals surface area contributed by atoms with E-state index in [-0.39, 0.29) is 11.7 Å². The molecule has 0 bridgehead atoms. The lowest BCUT2D eigenvalue weighted by molar-refractivity contribution is -0.130. The predicted molar refractivity (Wildman–Crippen MR) is 89.4 cm³/mol. The number of carbonyl (C=O) groups excluding carboxylic acids is 1.